The summed E-state index contributed by atoms with van der Waals surface area (Å²) in [5, 5.41) is 2.10. The molecule has 5 heteroatoms. The van der Waals surface area contributed by atoms with E-state index in [9.17, 15) is 4.79 Å². The molecule has 27 heavy (non-hydrogen) atoms. The molecule has 0 unspecified atom stereocenters. The van der Waals surface area contributed by atoms with Crippen LogP contribution in [0, 0.1) is 6.92 Å². The van der Waals surface area contributed by atoms with Gasteiger partial charge < -0.3 is 15.0 Å². The third kappa shape index (κ3) is 3.78. The molecular formula is C22H26N2O2S. The van der Waals surface area contributed by atoms with E-state index in [0.29, 0.717) is 5.56 Å². The number of thiophene rings is 1. The van der Waals surface area contributed by atoms with Crippen LogP contribution < -0.4 is 10.5 Å². The second-order valence-corrected chi connectivity index (χ2v) is 7.61. The number of para-hydroxylation sites is 1. The molecule has 2 N–H and O–H groups in total. The minimum absolute atomic E-state index is 0.388. The van der Waals surface area contributed by atoms with Crippen LogP contribution in [0.5, 0.6) is 5.75 Å². The number of carbonyl (C=O) groups excluding carboxylic acids is 1. The van der Waals surface area contributed by atoms with Gasteiger partial charge in [-0.15, -0.1) is 11.3 Å². The number of nitrogens with two attached hydrogens (primary N) is 1. The van der Waals surface area contributed by atoms with Crippen molar-refractivity contribution >= 4 is 17.2 Å². The van der Waals surface area contributed by atoms with E-state index in [0.717, 1.165) is 54.1 Å². The normalized spacial score (nSPS) is 10.9. The number of amides is 1. The standard InChI is InChI=1S/C22H26N2O2S/c1-4-8-18-21(17-10-5-6-11-19(17)26-3)20(22(23)25)15(2)24(18)13-12-16-9-7-14-27-16/h5-7,9-11,14H,4,8,12-13H2,1-3H3,(H2,23,25). The molecule has 0 aliphatic heterocycles. The van der Waals surface area contributed by atoms with Crippen LogP contribution in [0.1, 0.15) is 40.0 Å². The van der Waals surface area contributed by atoms with Gasteiger partial charge in [-0.25, -0.2) is 0 Å². The second-order valence-electron chi connectivity index (χ2n) is 6.58. The number of nitrogens with zero attached hydrogens (tertiary/aromatic N) is 1. The van der Waals surface area contributed by atoms with Gasteiger partial charge in [0.1, 0.15) is 5.75 Å². The van der Waals surface area contributed by atoms with Crippen molar-refractivity contribution < 1.29 is 9.53 Å². The molecule has 1 amide bonds. The van der Waals surface area contributed by atoms with E-state index in [4.69, 9.17) is 10.5 Å². The quantitative estimate of drug-likeness (QED) is 0.607. The fourth-order valence-corrected chi connectivity index (χ4v) is 4.41. The molecule has 142 valence electrons. The van der Waals surface area contributed by atoms with Gasteiger partial charge in [-0.3, -0.25) is 4.79 Å². The molecule has 3 aromatic rings. The van der Waals surface area contributed by atoms with Gasteiger partial charge in [0.15, 0.2) is 0 Å². The molecular weight excluding hydrogens is 356 g/mol. The molecule has 2 aromatic heterocycles. The molecule has 0 bridgehead atoms. The van der Waals surface area contributed by atoms with Crippen LogP contribution in [-0.2, 0) is 19.4 Å². The van der Waals surface area contributed by atoms with Crippen molar-refractivity contribution in [3.8, 4) is 16.9 Å². The van der Waals surface area contributed by atoms with E-state index in [1.807, 2.05) is 31.2 Å². The smallest absolute Gasteiger partial charge is 0.251 e. The molecule has 3 rings (SSSR count). The van der Waals surface area contributed by atoms with Crippen molar-refractivity contribution in [2.24, 2.45) is 5.73 Å². The summed E-state index contributed by atoms with van der Waals surface area (Å²) in [5.41, 5.74) is 10.4. The third-order valence-electron chi connectivity index (χ3n) is 4.90. The molecule has 0 spiro atoms. The highest BCUT2D eigenvalue weighted by Crippen LogP contribution is 2.38. The summed E-state index contributed by atoms with van der Waals surface area (Å²) >= 11 is 1.76. The van der Waals surface area contributed by atoms with E-state index < -0.39 is 0 Å². The molecule has 1 aromatic carbocycles. The number of benzene rings is 1. The van der Waals surface area contributed by atoms with Crippen LogP contribution in [0.2, 0.25) is 0 Å². The first-order valence-electron chi connectivity index (χ1n) is 9.26. The zero-order chi connectivity index (χ0) is 19.4. The lowest BCUT2D eigenvalue weighted by atomic mass is 9.97. The average molecular weight is 383 g/mol. The van der Waals surface area contributed by atoms with Crippen LogP contribution in [0.25, 0.3) is 11.1 Å². The maximum absolute atomic E-state index is 12.4. The van der Waals surface area contributed by atoms with Crippen molar-refractivity contribution in [2.45, 2.75) is 39.7 Å². The molecule has 4 nitrogen and oxygen atoms in total. The van der Waals surface area contributed by atoms with Gasteiger partial charge >= 0.3 is 0 Å². The maximum Gasteiger partial charge on any atom is 0.251 e. The topological polar surface area (TPSA) is 57.2 Å². The van der Waals surface area contributed by atoms with Crippen LogP contribution in [-0.4, -0.2) is 17.6 Å². The highest BCUT2D eigenvalue weighted by atomic mass is 32.1. The minimum Gasteiger partial charge on any atom is -0.496 e. The number of hydrogen-bond acceptors (Lipinski definition) is 3. The molecule has 0 fully saturated rings. The average Bonchev–Trinajstić information content (AvgIpc) is 3.27. The SMILES string of the molecule is CCCc1c(-c2ccccc2OC)c(C(N)=O)c(C)n1CCc1cccs1. The summed E-state index contributed by atoms with van der Waals surface area (Å²) in [4.78, 5) is 13.7. The second kappa shape index (κ2) is 8.44. The van der Waals surface area contributed by atoms with Gasteiger partial charge in [-0.2, -0.15) is 0 Å². The lowest BCUT2D eigenvalue weighted by Crippen LogP contribution is -2.14. The van der Waals surface area contributed by atoms with Crippen LogP contribution in [0.3, 0.4) is 0 Å². The molecule has 2 heterocycles. The summed E-state index contributed by atoms with van der Waals surface area (Å²) < 4.78 is 7.84. The largest absolute Gasteiger partial charge is 0.496 e. The van der Waals surface area contributed by atoms with Gasteiger partial charge in [0.2, 0.25) is 0 Å². The number of rotatable bonds is 8. The summed E-state index contributed by atoms with van der Waals surface area (Å²) in [7, 11) is 1.66. The van der Waals surface area contributed by atoms with Crippen molar-refractivity contribution in [1.82, 2.24) is 4.57 Å². The Morgan fingerprint density at radius 3 is 2.59 bits per heavy atom. The Bertz CT molecular complexity index is 926. The zero-order valence-electron chi connectivity index (χ0n) is 16.1. The minimum atomic E-state index is -0.388. The van der Waals surface area contributed by atoms with Gasteiger partial charge in [0, 0.05) is 33.9 Å². The van der Waals surface area contributed by atoms with Crippen molar-refractivity contribution in [1.29, 1.82) is 0 Å². The summed E-state index contributed by atoms with van der Waals surface area (Å²) in [6.07, 6.45) is 2.81. The van der Waals surface area contributed by atoms with Crippen molar-refractivity contribution in [3.05, 3.63) is 63.6 Å². The van der Waals surface area contributed by atoms with Gasteiger partial charge in [0.05, 0.1) is 12.7 Å². The van der Waals surface area contributed by atoms with E-state index >= 15 is 0 Å². The Kier molecular flexibility index (Phi) is 6.01. The number of aryl methyl sites for hydroxylation is 1. The van der Waals surface area contributed by atoms with E-state index in [1.54, 1.807) is 18.4 Å². The van der Waals surface area contributed by atoms with E-state index in [2.05, 4.69) is 29.0 Å². The number of carbonyl (C=O) groups is 1. The predicted octanol–water partition coefficient (Wildman–Crippen LogP) is 4.83. The Morgan fingerprint density at radius 2 is 1.96 bits per heavy atom. The van der Waals surface area contributed by atoms with Gasteiger partial charge in [-0.05, 0) is 37.3 Å². The first kappa shape index (κ1) is 19.2. The van der Waals surface area contributed by atoms with Gasteiger partial charge in [0.25, 0.3) is 5.91 Å². The Morgan fingerprint density at radius 1 is 1.19 bits per heavy atom. The van der Waals surface area contributed by atoms with E-state index in [-0.39, 0.29) is 5.91 Å². The lowest BCUT2D eigenvalue weighted by molar-refractivity contribution is 0.1000. The fourth-order valence-electron chi connectivity index (χ4n) is 3.72. The number of primary amides is 1. The Balaban J connectivity index is 2.18. The predicted molar refractivity (Wildman–Crippen MR) is 112 cm³/mol. The highest BCUT2D eigenvalue weighted by molar-refractivity contribution is 7.09. The zero-order valence-corrected chi connectivity index (χ0v) is 16.9. The Hall–Kier alpha value is -2.53. The molecule has 0 atom stereocenters. The maximum atomic E-state index is 12.4. The monoisotopic (exact) mass is 382 g/mol. The summed E-state index contributed by atoms with van der Waals surface area (Å²) in [6, 6.07) is 12.1. The number of hydrogen-bond donors (Lipinski definition) is 1. The molecule has 0 aliphatic carbocycles. The lowest BCUT2D eigenvalue weighted by Gasteiger charge is -2.14. The first-order chi connectivity index (χ1) is 13.1. The molecule has 0 radical (unpaired) electrons. The Labute approximate surface area is 164 Å². The van der Waals surface area contributed by atoms with Crippen LogP contribution >= 0.6 is 11.3 Å². The molecule has 0 saturated carbocycles. The number of ether oxygens (including phenoxy) is 1. The third-order valence-corrected chi connectivity index (χ3v) is 5.84. The number of methoxy groups -OCH3 is 1. The molecule has 0 saturated heterocycles. The van der Waals surface area contributed by atoms with Gasteiger partial charge in [-0.1, -0.05) is 37.6 Å². The summed E-state index contributed by atoms with van der Waals surface area (Å²) in [6.45, 7) is 4.98. The first-order valence-corrected chi connectivity index (χ1v) is 10.1. The summed E-state index contributed by atoms with van der Waals surface area (Å²) in [5.74, 6) is 0.369. The van der Waals surface area contributed by atoms with Crippen molar-refractivity contribution in [3.63, 3.8) is 0 Å². The van der Waals surface area contributed by atoms with Crippen molar-refractivity contribution in [2.75, 3.05) is 7.11 Å². The molecule has 0 aliphatic rings. The van der Waals surface area contributed by atoms with Crippen LogP contribution in [0.4, 0.5) is 0 Å². The number of aromatic nitrogens is 1. The highest BCUT2D eigenvalue weighted by Gasteiger charge is 2.26. The van der Waals surface area contributed by atoms with E-state index in [1.165, 1.54) is 4.88 Å². The van der Waals surface area contributed by atoms with Crippen LogP contribution in [0.15, 0.2) is 41.8 Å². The fraction of sp³-hybridized carbons (Fsp3) is 0.318.